The van der Waals surface area contributed by atoms with Crippen LogP contribution in [0.4, 0.5) is 0 Å². The lowest BCUT2D eigenvalue weighted by Crippen LogP contribution is -2.33. The van der Waals surface area contributed by atoms with Gasteiger partial charge in [0.15, 0.2) is 0 Å². The minimum absolute atomic E-state index is 0.0770. The second kappa shape index (κ2) is 6.52. The molecular weight excluding hydrogens is 334 g/mol. The van der Waals surface area contributed by atoms with Crippen LogP contribution in [0.5, 0.6) is 0 Å². The fourth-order valence-corrected chi connectivity index (χ4v) is 3.37. The molecule has 3 rings (SSSR count). The third-order valence-corrected chi connectivity index (χ3v) is 4.68. The highest BCUT2D eigenvalue weighted by Crippen LogP contribution is 2.22. The molecule has 0 spiro atoms. The number of benzene rings is 1. The summed E-state index contributed by atoms with van der Waals surface area (Å²) in [4.78, 5) is 29.3. The van der Waals surface area contributed by atoms with Gasteiger partial charge in [-0.1, -0.05) is 29.8 Å². The molecule has 2 aromatic heterocycles. The summed E-state index contributed by atoms with van der Waals surface area (Å²) >= 11 is 7.52. The zero-order valence-electron chi connectivity index (χ0n) is 12.3. The Hall–Kier alpha value is -2.18. The quantitative estimate of drug-likeness (QED) is 0.789. The molecule has 2 heterocycles. The number of aromatic nitrogens is 2. The van der Waals surface area contributed by atoms with E-state index in [0.29, 0.717) is 15.2 Å². The summed E-state index contributed by atoms with van der Waals surface area (Å²) in [5.41, 5.74) is 0.623. The largest absolute Gasteiger partial charge is 0.348 e. The van der Waals surface area contributed by atoms with Gasteiger partial charge in [-0.05, 0) is 30.0 Å². The Labute approximate surface area is 141 Å². The number of amides is 1. The Morgan fingerprint density at radius 3 is 2.96 bits per heavy atom. The summed E-state index contributed by atoms with van der Waals surface area (Å²) in [5, 5.41) is 5.78. The van der Waals surface area contributed by atoms with Crippen molar-refractivity contribution in [1.29, 1.82) is 0 Å². The molecule has 1 aromatic carbocycles. The predicted octanol–water partition coefficient (Wildman–Crippen LogP) is 2.99. The molecule has 23 heavy (non-hydrogen) atoms. The van der Waals surface area contributed by atoms with Gasteiger partial charge in [-0.25, -0.2) is 4.98 Å². The fraction of sp³-hybridized carbons (Fsp3) is 0.188. The fourth-order valence-electron chi connectivity index (χ4n) is 2.35. The van der Waals surface area contributed by atoms with Crippen molar-refractivity contribution in [2.45, 2.75) is 19.5 Å². The van der Waals surface area contributed by atoms with Crippen LogP contribution in [0.3, 0.4) is 0 Å². The van der Waals surface area contributed by atoms with Crippen molar-refractivity contribution in [2.75, 3.05) is 0 Å². The Balaban J connectivity index is 1.75. The van der Waals surface area contributed by atoms with Crippen molar-refractivity contribution in [3.63, 3.8) is 0 Å². The zero-order chi connectivity index (χ0) is 16.4. The molecule has 7 heteroatoms. The molecule has 0 saturated heterocycles. The first-order valence-electron chi connectivity index (χ1n) is 7.02. The molecule has 0 saturated carbocycles. The lowest BCUT2D eigenvalue weighted by molar-refractivity contribution is -0.122. The van der Waals surface area contributed by atoms with E-state index in [4.69, 9.17) is 11.6 Å². The van der Waals surface area contributed by atoms with E-state index in [1.54, 1.807) is 12.1 Å². The maximum atomic E-state index is 12.3. The van der Waals surface area contributed by atoms with E-state index >= 15 is 0 Å². The molecule has 0 aliphatic rings. The summed E-state index contributed by atoms with van der Waals surface area (Å²) in [5.74, 6) is -0.268. The molecule has 0 bridgehead atoms. The van der Waals surface area contributed by atoms with Gasteiger partial charge in [-0.3, -0.25) is 14.2 Å². The van der Waals surface area contributed by atoms with Crippen LogP contribution in [0, 0.1) is 0 Å². The van der Waals surface area contributed by atoms with Gasteiger partial charge in [0.25, 0.3) is 5.56 Å². The van der Waals surface area contributed by atoms with Crippen molar-refractivity contribution in [3.05, 3.63) is 63.0 Å². The average Bonchev–Trinajstić information content (AvgIpc) is 3.00. The van der Waals surface area contributed by atoms with Crippen LogP contribution in [0.15, 0.2) is 46.8 Å². The van der Waals surface area contributed by atoms with Gasteiger partial charge in [0.05, 0.1) is 17.8 Å². The van der Waals surface area contributed by atoms with Crippen LogP contribution in [0.1, 0.15) is 18.5 Å². The predicted molar refractivity (Wildman–Crippen MR) is 91.9 cm³/mol. The summed E-state index contributed by atoms with van der Waals surface area (Å²) in [7, 11) is 0. The lowest BCUT2D eigenvalue weighted by atomic mass is 10.1. The first kappa shape index (κ1) is 15.7. The molecule has 0 aliphatic heterocycles. The first-order valence-corrected chi connectivity index (χ1v) is 8.28. The number of hydrogen-bond donors (Lipinski definition) is 1. The maximum Gasteiger partial charge on any atom is 0.262 e. The van der Waals surface area contributed by atoms with Crippen LogP contribution < -0.4 is 10.9 Å². The number of hydrogen-bond acceptors (Lipinski definition) is 4. The van der Waals surface area contributed by atoms with Gasteiger partial charge in [0.2, 0.25) is 5.91 Å². The molecule has 1 amide bonds. The number of carbonyl (C=O) groups excluding carboxylic acids is 1. The van der Waals surface area contributed by atoms with E-state index in [2.05, 4.69) is 10.3 Å². The molecule has 5 nitrogen and oxygen atoms in total. The van der Waals surface area contributed by atoms with Gasteiger partial charge in [-0.2, -0.15) is 0 Å². The van der Waals surface area contributed by atoms with E-state index in [0.717, 1.165) is 5.56 Å². The van der Waals surface area contributed by atoms with E-state index in [-0.39, 0.29) is 24.1 Å². The van der Waals surface area contributed by atoms with Crippen molar-refractivity contribution in [2.24, 2.45) is 0 Å². The Bertz CT molecular complexity index is 919. The van der Waals surface area contributed by atoms with Crippen molar-refractivity contribution in [1.82, 2.24) is 14.9 Å². The molecule has 1 unspecified atom stereocenters. The monoisotopic (exact) mass is 347 g/mol. The highest BCUT2D eigenvalue weighted by atomic mass is 35.5. The highest BCUT2D eigenvalue weighted by molar-refractivity contribution is 7.16. The smallest absolute Gasteiger partial charge is 0.262 e. The van der Waals surface area contributed by atoms with Crippen molar-refractivity contribution < 1.29 is 4.79 Å². The Morgan fingerprint density at radius 1 is 1.39 bits per heavy atom. The van der Waals surface area contributed by atoms with Crippen LogP contribution >= 0.6 is 22.9 Å². The van der Waals surface area contributed by atoms with E-state index in [1.165, 1.54) is 22.2 Å². The van der Waals surface area contributed by atoms with Crippen LogP contribution in [0.25, 0.3) is 10.2 Å². The molecule has 3 aromatic rings. The second-order valence-electron chi connectivity index (χ2n) is 5.13. The van der Waals surface area contributed by atoms with Gasteiger partial charge in [0.1, 0.15) is 11.4 Å². The van der Waals surface area contributed by atoms with E-state index in [9.17, 15) is 9.59 Å². The zero-order valence-corrected chi connectivity index (χ0v) is 13.9. The number of rotatable bonds is 4. The number of nitrogens with one attached hydrogen (secondary N) is 1. The van der Waals surface area contributed by atoms with E-state index < -0.39 is 0 Å². The first-order chi connectivity index (χ1) is 11.1. The van der Waals surface area contributed by atoms with Gasteiger partial charge >= 0.3 is 0 Å². The molecule has 0 aliphatic carbocycles. The molecular formula is C16H14ClN3O2S. The molecule has 1 N–H and O–H groups in total. The van der Waals surface area contributed by atoms with Gasteiger partial charge in [-0.15, -0.1) is 11.3 Å². The summed E-state index contributed by atoms with van der Waals surface area (Å²) < 4.78 is 1.31. The minimum atomic E-state index is -0.268. The molecule has 1 atom stereocenters. The summed E-state index contributed by atoms with van der Waals surface area (Å²) in [6.07, 6.45) is 1.40. The number of carbonyl (C=O) groups is 1. The van der Waals surface area contributed by atoms with Crippen LogP contribution in [-0.4, -0.2) is 15.5 Å². The third kappa shape index (κ3) is 3.28. The van der Waals surface area contributed by atoms with Crippen molar-refractivity contribution >= 4 is 39.1 Å². The Kier molecular flexibility index (Phi) is 4.45. The Morgan fingerprint density at radius 2 is 2.17 bits per heavy atom. The van der Waals surface area contributed by atoms with Crippen molar-refractivity contribution in [3.8, 4) is 0 Å². The number of nitrogens with zero attached hydrogens (tertiary/aromatic N) is 2. The summed E-state index contributed by atoms with van der Waals surface area (Å²) in [6.45, 7) is 1.77. The van der Waals surface area contributed by atoms with Gasteiger partial charge < -0.3 is 5.32 Å². The maximum absolute atomic E-state index is 12.3. The molecule has 0 fully saturated rings. The minimum Gasteiger partial charge on any atom is -0.348 e. The number of halogens is 1. The standard InChI is InChI=1S/C16H14ClN3O2S/c1-10(11-4-2-3-5-13(11)17)19-14(21)8-20-9-18-15-12(16(20)22)6-7-23-15/h2-7,9-10H,8H2,1H3,(H,19,21). The third-order valence-electron chi connectivity index (χ3n) is 3.51. The number of thiophene rings is 1. The molecule has 0 radical (unpaired) electrons. The topological polar surface area (TPSA) is 64.0 Å². The second-order valence-corrected chi connectivity index (χ2v) is 6.43. The molecule has 118 valence electrons. The van der Waals surface area contributed by atoms with E-state index in [1.807, 2.05) is 30.5 Å². The summed E-state index contributed by atoms with van der Waals surface area (Å²) in [6, 6.07) is 8.81. The van der Waals surface area contributed by atoms with Crippen LogP contribution in [-0.2, 0) is 11.3 Å². The normalized spacial score (nSPS) is 12.3. The lowest BCUT2D eigenvalue weighted by Gasteiger charge is -2.16. The number of fused-ring (bicyclic) bond motifs is 1. The van der Waals surface area contributed by atoms with Gasteiger partial charge in [0, 0.05) is 5.02 Å². The highest BCUT2D eigenvalue weighted by Gasteiger charge is 2.14. The SMILES string of the molecule is CC(NC(=O)Cn1cnc2sccc2c1=O)c1ccccc1Cl. The average molecular weight is 348 g/mol. The van der Waals surface area contributed by atoms with Crippen LogP contribution in [0.2, 0.25) is 5.02 Å².